The van der Waals surface area contributed by atoms with Gasteiger partial charge in [-0.3, -0.25) is 5.01 Å². The quantitative estimate of drug-likeness (QED) is 0.501. The summed E-state index contributed by atoms with van der Waals surface area (Å²) in [6.07, 6.45) is 11.0. The molecule has 0 saturated heterocycles. The van der Waals surface area contributed by atoms with Gasteiger partial charge in [0.25, 0.3) is 0 Å². The number of hydrazone groups is 1. The smallest absolute Gasteiger partial charge is 0.0589 e. The third-order valence-corrected chi connectivity index (χ3v) is 1.25. The van der Waals surface area contributed by atoms with Crippen LogP contribution >= 0.6 is 0 Å². The molecule has 2 heteroatoms. The Labute approximate surface area is 61.5 Å². The zero-order valence-corrected chi connectivity index (χ0v) is 6.20. The summed E-state index contributed by atoms with van der Waals surface area (Å²) in [5, 5.41) is 6.08. The molecule has 1 rings (SSSR count). The van der Waals surface area contributed by atoms with Crippen molar-refractivity contribution in [1.29, 1.82) is 0 Å². The molecule has 2 nitrogen and oxygen atoms in total. The fraction of sp³-hybridized carbons (Fsp3) is 0.375. The SMILES string of the molecule is C/C=C/N1CC=CCC=N1. The van der Waals surface area contributed by atoms with Crippen molar-refractivity contribution in [1.82, 2.24) is 5.01 Å². The zero-order valence-electron chi connectivity index (χ0n) is 6.20. The first-order valence-electron chi connectivity index (χ1n) is 3.50. The van der Waals surface area contributed by atoms with Crippen molar-refractivity contribution in [2.45, 2.75) is 13.3 Å². The molecule has 54 valence electrons. The number of nitrogens with zero attached hydrogens (tertiary/aromatic N) is 2. The summed E-state index contributed by atoms with van der Waals surface area (Å²) in [5.41, 5.74) is 0. The van der Waals surface area contributed by atoms with Crippen LogP contribution in [0.1, 0.15) is 13.3 Å². The van der Waals surface area contributed by atoms with Gasteiger partial charge in [0.05, 0.1) is 6.54 Å². The number of hydrogen-bond donors (Lipinski definition) is 0. The molecule has 0 saturated carbocycles. The highest BCUT2D eigenvalue weighted by molar-refractivity contribution is 5.59. The van der Waals surface area contributed by atoms with E-state index in [9.17, 15) is 0 Å². The van der Waals surface area contributed by atoms with Crippen molar-refractivity contribution in [3.8, 4) is 0 Å². The van der Waals surface area contributed by atoms with Gasteiger partial charge in [-0.2, -0.15) is 5.10 Å². The zero-order chi connectivity index (χ0) is 7.23. The third kappa shape index (κ3) is 2.05. The van der Waals surface area contributed by atoms with Gasteiger partial charge < -0.3 is 0 Å². The highest BCUT2D eigenvalue weighted by Crippen LogP contribution is 1.96. The molecule has 0 fully saturated rings. The van der Waals surface area contributed by atoms with Crippen LogP contribution in [0, 0.1) is 0 Å². The summed E-state index contributed by atoms with van der Waals surface area (Å²) in [7, 11) is 0. The van der Waals surface area contributed by atoms with E-state index in [1.165, 1.54) is 0 Å². The van der Waals surface area contributed by atoms with Crippen molar-refractivity contribution in [3.05, 3.63) is 24.4 Å². The Morgan fingerprint density at radius 3 is 3.20 bits per heavy atom. The second-order valence-corrected chi connectivity index (χ2v) is 2.11. The van der Waals surface area contributed by atoms with E-state index in [-0.39, 0.29) is 0 Å². The van der Waals surface area contributed by atoms with Gasteiger partial charge in [-0.1, -0.05) is 18.2 Å². The van der Waals surface area contributed by atoms with Crippen molar-refractivity contribution in [2.24, 2.45) is 5.10 Å². The molecule has 0 aromatic heterocycles. The van der Waals surface area contributed by atoms with E-state index < -0.39 is 0 Å². The molecular weight excluding hydrogens is 124 g/mol. The average Bonchev–Trinajstić information content (AvgIpc) is 2.17. The lowest BCUT2D eigenvalue weighted by Gasteiger charge is -2.08. The monoisotopic (exact) mass is 136 g/mol. The summed E-state index contributed by atoms with van der Waals surface area (Å²) in [6.45, 7) is 2.88. The van der Waals surface area contributed by atoms with Gasteiger partial charge in [-0.05, 0) is 6.92 Å². The molecule has 0 atom stereocenters. The average molecular weight is 136 g/mol. The van der Waals surface area contributed by atoms with E-state index in [0.29, 0.717) is 0 Å². The van der Waals surface area contributed by atoms with E-state index in [1.54, 1.807) is 0 Å². The second-order valence-electron chi connectivity index (χ2n) is 2.11. The van der Waals surface area contributed by atoms with Crippen molar-refractivity contribution < 1.29 is 0 Å². The van der Waals surface area contributed by atoms with Gasteiger partial charge in [-0.15, -0.1) is 0 Å². The molecule has 1 aliphatic heterocycles. The lowest BCUT2D eigenvalue weighted by molar-refractivity contribution is 0.447. The van der Waals surface area contributed by atoms with Crippen LogP contribution in [0.2, 0.25) is 0 Å². The summed E-state index contributed by atoms with van der Waals surface area (Å²) >= 11 is 0. The van der Waals surface area contributed by atoms with Gasteiger partial charge in [0.1, 0.15) is 0 Å². The predicted octanol–water partition coefficient (Wildman–Crippen LogP) is 1.77. The number of allylic oxidation sites excluding steroid dienone is 2. The lowest BCUT2D eigenvalue weighted by Crippen LogP contribution is -2.07. The summed E-state index contributed by atoms with van der Waals surface area (Å²) in [4.78, 5) is 0. The van der Waals surface area contributed by atoms with Gasteiger partial charge in [0, 0.05) is 18.8 Å². The van der Waals surface area contributed by atoms with Crippen LogP contribution in [0.25, 0.3) is 0 Å². The minimum Gasteiger partial charge on any atom is -0.270 e. The van der Waals surface area contributed by atoms with Gasteiger partial charge in [0.2, 0.25) is 0 Å². The summed E-state index contributed by atoms with van der Waals surface area (Å²) < 4.78 is 0. The molecule has 0 bridgehead atoms. The van der Waals surface area contributed by atoms with Gasteiger partial charge >= 0.3 is 0 Å². The molecule has 0 amide bonds. The van der Waals surface area contributed by atoms with Gasteiger partial charge in [0.15, 0.2) is 0 Å². The second kappa shape index (κ2) is 3.88. The maximum atomic E-state index is 4.17. The number of hydrogen-bond acceptors (Lipinski definition) is 2. The molecule has 0 unspecified atom stereocenters. The Bertz CT molecular complexity index is 168. The first kappa shape index (κ1) is 7.06. The number of rotatable bonds is 1. The predicted molar refractivity (Wildman–Crippen MR) is 43.8 cm³/mol. The molecule has 0 aliphatic carbocycles. The first-order chi connectivity index (χ1) is 4.93. The van der Waals surface area contributed by atoms with E-state index in [1.807, 2.05) is 30.4 Å². The first-order valence-corrected chi connectivity index (χ1v) is 3.50. The fourth-order valence-corrected chi connectivity index (χ4v) is 0.810. The van der Waals surface area contributed by atoms with Crippen LogP contribution in [0.5, 0.6) is 0 Å². The van der Waals surface area contributed by atoms with E-state index >= 15 is 0 Å². The van der Waals surface area contributed by atoms with Crippen LogP contribution in [-0.4, -0.2) is 17.8 Å². The summed E-state index contributed by atoms with van der Waals surface area (Å²) in [5.74, 6) is 0. The molecule has 1 heterocycles. The van der Waals surface area contributed by atoms with Crippen LogP contribution in [0.15, 0.2) is 29.5 Å². The molecule has 0 spiro atoms. The Hall–Kier alpha value is -1.05. The largest absolute Gasteiger partial charge is 0.270 e. The van der Waals surface area contributed by atoms with E-state index in [2.05, 4.69) is 17.3 Å². The Balaban J connectivity index is 2.51. The maximum absolute atomic E-state index is 4.17. The fourth-order valence-electron chi connectivity index (χ4n) is 0.810. The highest BCUT2D eigenvalue weighted by atomic mass is 15.4. The molecule has 0 radical (unpaired) electrons. The molecular formula is C8H12N2. The molecule has 0 N–H and O–H groups in total. The van der Waals surface area contributed by atoms with Crippen LogP contribution in [-0.2, 0) is 0 Å². The van der Waals surface area contributed by atoms with Crippen LogP contribution in [0.3, 0.4) is 0 Å². The minimum absolute atomic E-state index is 0.890. The third-order valence-electron chi connectivity index (χ3n) is 1.25. The van der Waals surface area contributed by atoms with Crippen LogP contribution < -0.4 is 0 Å². The van der Waals surface area contributed by atoms with Crippen LogP contribution in [0.4, 0.5) is 0 Å². The van der Waals surface area contributed by atoms with Crippen molar-refractivity contribution in [3.63, 3.8) is 0 Å². The molecule has 0 aromatic carbocycles. The highest BCUT2D eigenvalue weighted by Gasteiger charge is 1.91. The van der Waals surface area contributed by atoms with Crippen molar-refractivity contribution >= 4 is 6.21 Å². The standard InChI is InChI=1S/C8H12N2/c1-2-7-10-8-5-3-4-6-9-10/h2-3,5-7H,4,8H2,1H3/b7-2+. The normalized spacial score (nSPS) is 18.3. The summed E-state index contributed by atoms with van der Waals surface area (Å²) in [6, 6.07) is 0. The molecule has 0 aromatic rings. The topological polar surface area (TPSA) is 15.6 Å². The lowest BCUT2D eigenvalue weighted by atomic mass is 10.4. The maximum Gasteiger partial charge on any atom is 0.0589 e. The Morgan fingerprint density at radius 1 is 1.50 bits per heavy atom. The molecule has 10 heavy (non-hydrogen) atoms. The Morgan fingerprint density at radius 2 is 2.40 bits per heavy atom. The van der Waals surface area contributed by atoms with Gasteiger partial charge in [-0.25, -0.2) is 0 Å². The minimum atomic E-state index is 0.890. The Kier molecular flexibility index (Phi) is 2.74. The van der Waals surface area contributed by atoms with E-state index in [0.717, 1.165) is 13.0 Å². The van der Waals surface area contributed by atoms with Crippen molar-refractivity contribution in [2.75, 3.05) is 6.54 Å². The van der Waals surface area contributed by atoms with E-state index in [4.69, 9.17) is 0 Å². The molecule has 1 aliphatic rings.